The number of aliphatic carboxylic acids is 1. The molecule has 0 saturated carbocycles. The zero-order valence-electron chi connectivity index (χ0n) is 24.0. The van der Waals surface area contributed by atoms with Gasteiger partial charge in [0.1, 0.15) is 48.8 Å². The Morgan fingerprint density at radius 3 is 2.23 bits per heavy atom. The van der Waals surface area contributed by atoms with E-state index in [1.165, 1.54) is 7.11 Å². The second kappa shape index (κ2) is 15.8. The van der Waals surface area contributed by atoms with Crippen molar-refractivity contribution in [1.82, 2.24) is 0 Å². The van der Waals surface area contributed by atoms with Gasteiger partial charge in [-0.25, -0.2) is 4.79 Å². The van der Waals surface area contributed by atoms with Crippen molar-refractivity contribution < 1.29 is 89.0 Å². The van der Waals surface area contributed by atoms with Crippen LogP contribution in [0.3, 0.4) is 0 Å². The lowest BCUT2D eigenvalue weighted by Crippen LogP contribution is -2.65. The number of aliphatic hydroxyl groups is 9. The maximum absolute atomic E-state index is 12.4. The molecule has 11 N–H and O–H groups in total. The summed E-state index contributed by atoms with van der Waals surface area (Å²) in [6.45, 7) is -1.33. The summed E-state index contributed by atoms with van der Waals surface area (Å²) < 4.78 is 38.0. The van der Waals surface area contributed by atoms with Crippen LogP contribution in [0.15, 0.2) is 0 Å². The molecule has 0 spiro atoms. The SMILES string of the molecule is COC1OC(CO)C(OC2OC(COC3(C(=O)O)CC(O)C(COC=N)C(C(O)C(O)CO)O3)C(O)C(O)C2O)C(O)C1C. The van der Waals surface area contributed by atoms with Crippen molar-refractivity contribution >= 4 is 12.4 Å². The minimum absolute atomic E-state index is 0.441. The average Bonchev–Trinajstić information content (AvgIpc) is 3.01. The van der Waals surface area contributed by atoms with Crippen LogP contribution in [-0.2, 0) is 38.0 Å². The van der Waals surface area contributed by atoms with Gasteiger partial charge in [0.05, 0.1) is 44.7 Å². The quantitative estimate of drug-likeness (QED) is 0.0620. The van der Waals surface area contributed by atoms with Gasteiger partial charge >= 0.3 is 5.97 Å². The fraction of sp³-hybridized carbons (Fsp3) is 0.920. The molecule has 19 heteroatoms. The molecule has 16 unspecified atom stereocenters. The lowest BCUT2D eigenvalue weighted by molar-refractivity contribution is -0.363. The van der Waals surface area contributed by atoms with Crippen LogP contribution < -0.4 is 0 Å². The highest BCUT2D eigenvalue weighted by molar-refractivity contribution is 5.76. The Morgan fingerprint density at radius 2 is 1.66 bits per heavy atom. The third-order valence-electron chi connectivity index (χ3n) is 8.17. The Hall–Kier alpha value is -1.66. The molecular formula is C25H43NO18. The van der Waals surface area contributed by atoms with Gasteiger partial charge in [-0.1, -0.05) is 6.92 Å². The standard InChI is InChI=1S/C25H43NO18/c1-9-15(31)21(13(5-28)41-22(9)38-2)43-23-19(35)18(34)17(33)14(42-23)7-40-25(24(36)37)3-11(29)10(6-39-8-26)20(44-25)16(32)12(30)4-27/h8-23,26-35H,3-7H2,1-2H3,(H,36,37). The molecule has 0 aromatic rings. The van der Waals surface area contributed by atoms with Gasteiger partial charge in [-0.2, -0.15) is 0 Å². The third-order valence-corrected chi connectivity index (χ3v) is 8.17. The zero-order chi connectivity index (χ0) is 32.9. The summed E-state index contributed by atoms with van der Waals surface area (Å²) in [7, 11) is 1.33. The van der Waals surface area contributed by atoms with Crippen molar-refractivity contribution in [3.8, 4) is 0 Å². The largest absolute Gasteiger partial charge is 0.483 e. The minimum Gasteiger partial charge on any atom is -0.483 e. The van der Waals surface area contributed by atoms with E-state index in [2.05, 4.69) is 0 Å². The topological polar surface area (TPSA) is 308 Å². The minimum atomic E-state index is -2.73. The number of hydrogen-bond acceptors (Lipinski definition) is 18. The second-order valence-electron chi connectivity index (χ2n) is 11.0. The molecule has 256 valence electrons. The van der Waals surface area contributed by atoms with E-state index in [1.807, 2.05) is 0 Å². The lowest BCUT2D eigenvalue weighted by atomic mass is 9.83. The molecule has 0 bridgehead atoms. The first-order valence-electron chi connectivity index (χ1n) is 13.9. The van der Waals surface area contributed by atoms with Crippen molar-refractivity contribution in [2.75, 3.05) is 33.5 Å². The van der Waals surface area contributed by atoms with Gasteiger partial charge in [0.15, 0.2) is 19.0 Å². The lowest BCUT2D eigenvalue weighted by Gasteiger charge is -2.48. The van der Waals surface area contributed by atoms with Crippen molar-refractivity contribution in [2.45, 2.75) is 98.9 Å². The number of carbonyl (C=O) groups is 1. The van der Waals surface area contributed by atoms with Gasteiger partial charge in [0, 0.05) is 25.4 Å². The van der Waals surface area contributed by atoms with Crippen LogP contribution in [0.5, 0.6) is 0 Å². The van der Waals surface area contributed by atoms with E-state index in [1.54, 1.807) is 6.92 Å². The predicted molar refractivity (Wildman–Crippen MR) is 139 cm³/mol. The molecule has 44 heavy (non-hydrogen) atoms. The van der Waals surface area contributed by atoms with E-state index in [0.29, 0.717) is 6.40 Å². The Morgan fingerprint density at radius 1 is 1.00 bits per heavy atom. The van der Waals surface area contributed by atoms with Gasteiger partial charge in [-0.05, 0) is 0 Å². The zero-order valence-corrected chi connectivity index (χ0v) is 24.0. The number of rotatable bonds is 14. The van der Waals surface area contributed by atoms with Crippen molar-refractivity contribution in [1.29, 1.82) is 5.41 Å². The fourth-order valence-corrected chi connectivity index (χ4v) is 5.49. The average molecular weight is 646 g/mol. The number of carboxylic acid groups (broad SMARTS) is 1. The molecule has 16 atom stereocenters. The van der Waals surface area contributed by atoms with Crippen LogP contribution >= 0.6 is 0 Å². The molecule has 3 saturated heterocycles. The highest BCUT2D eigenvalue weighted by Crippen LogP contribution is 2.38. The molecule has 3 heterocycles. The van der Waals surface area contributed by atoms with Crippen LogP contribution in [0.25, 0.3) is 0 Å². The van der Waals surface area contributed by atoms with Gasteiger partial charge in [-0.15, -0.1) is 0 Å². The van der Waals surface area contributed by atoms with Crippen molar-refractivity contribution in [3.05, 3.63) is 0 Å². The Balaban J connectivity index is 1.80. The van der Waals surface area contributed by atoms with Crippen LogP contribution in [0, 0.1) is 17.2 Å². The summed E-state index contributed by atoms with van der Waals surface area (Å²) in [5.41, 5.74) is 0. The van der Waals surface area contributed by atoms with Gasteiger partial charge < -0.3 is 84.2 Å². The van der Waals surface area contributed by atoms with Crippen molar-refractivity contribution in [3.63, 3.8) is 0 Å². The van der Waals surface area contributed by atoms with E-state index in [-0.39, 0.29) is 0 Å². The number of methoxy groups -OCH3 is 1. The molecule has 0 aromatic carbocycles. The van der Waals surface area contributed by atoms with Crippen molar-refractivity contribution in [2.24, 2.45) is 11.8 Å². The third kappa shape index (κ3) is 7.65. The van der Waals surface area contributed by atoms with Gasteiger partial charge in [-0.3, -0.25) is 5.41 Å². The number of carboxylic acids is 1. The van der Waals surface area contributed by atoms with E-state index < -0.39 is 136 Å². The number of hydrogen-bond donors (Lipinski definition) is 11. The maximum atomic E-state index is 12.4. The smallest absolute Gasteiger partial charge is 0.364 e. The molecule has 0 aliphatic carbocycles. The highest BCUT2D eigenvalue weighted by Gasteiger charge is 2.57. The molecule has 3 rings (SSSR count). The van der Waals surface area contributed by atoms with E-state index in [9.17, 15) is 55.9 Å². The molecule has 0 amide bonds. The summed E-state index contributed by atoms with van der Waals surface area (Å²) in [6.07, 6.45) is -21.1. The Labute approximate surface area is 251 Å². The molecule has 3 aliphatic rings. The molecule has 19 nitrogen and oxygen atoms in total. The van der Waals surface area contributed by atoms with Crippen LogP contribution in [0.1, 0.15) is 13.3 Å². The first kappa shape index (κ1) is 36.8. The summed E-state index contributed by atoms with van der Waals surface area (Å²) >= 11 is 0. The number of aliphatic hydroxyl groups excluding tert-OH is 9. The van der Waals surface area contributed by atoms with Crippen LogP contribution in [-0.4, -0.2) is 182 Å². The summed E-state index contributed by atoms with van der Waals surface area (Å²) in [6, 6.07) is 0. The predicted octanol–water partition coefficient (Wildman–Crippen LogP) is -5.56. The fourth-order valence-electron chi connectivity index (χ4n) is 5.49. The number of ether oxygens (including phenoxy) is 7. The molecule has 0 aromatic heterocycles. The van der Waals surface area contributed by atoms with Gasteiger partial charge in [0.2, 0.25) is 0 Å². The number of nitrogens with one attached hydrogen (secondary N) is 1. The van der Waals surface area contributed by atoms with E-state index in [0.717, 1.165) is 0 Å². The first-order valence-corrected chi connectivity index (χ1v) is 13.9. The molecule has 0 radical (unpaired) electrons. The highest BCUT2D eigenvalue weighted by atomic mass is 16.8. The molecule has 3 aliphatic heterocycles. The van der Waals surface area contributed by atoms with E-state index in [4.69, 9.17) is 38.6 Å². The van der Waals surface area contributed by atoms with Crippen LogP contribution in [0.2, 0.25) is 0 Å². The summed E-state index contributed by atoms with van der Waals surface area (Å²) in [5.74, 6) is -6.40. The molecule has 3 fully saturated rings. The Kier molecular flexibility index (Phi) is 13.2. The van der Waals surface area contributed by atoms with Gasteiger partial charge in [0.25, 0.3) is 5.79 Å². The van der Waals surface area contributed by atoms with Crippen LogP contribution in [0.4, 0.5) is 0 Å². The second-order valence-corrected chi connectivity index (χ2v) is 11.0. The monoisotopic (exact) mass is 645 g/mol. The Bertz CT molecular complexity index is 930. The molecular weight excluding hydrogens is 602 g/mol. The summed E-state index contributed by atoms with van der Waals surface area (Å²) in [5, 5.41) is 110. The normalized spacial score (nSPS) is 44.5. The summed E-state index contributed by atoms with van der Waals surface area (Å²) in [4.78, 5) is 12.4. The van der Waals surface area contributed by atoms with E-state index >= 15 is 0 Å². The maximum Gasteiger partial charge on any atom is 0.364 e. The first-order chi connectivity index (χ1) is 20.8.